The number of ether oxygens (including phenoxy) is 1. The summed E-state index contributed by atoms with van der Waals surface area (Å²) in [6, 6.07) is 0.458. The third kappa shape index (κ3) is 1.22. The Hall–Kier alpha value is -0.530. The van der Waals surface area contributed by atoms with Crippen LogP contribution in [0, 0.1) is 0 Å². The second kappa shape index (κ2) is 2.70. The first kappa shape index (κ1) is 5.60. The molecule has 46 valence electrons. The third-order valence-electron chi connectivity index (χ3n) is 1.26. The van der Waals surface area contributed by atoms with Gasteiger partial charge in [0, 0.05) is 0 Å². The lowest BCUT2D eigenvalue weighted by atomic mass is 10.2. The van der Waals surface area contributed by atoms with E-state index >= 15 is 0 Å². The topological polar surface area (TPSA) is 21.6 Å². The summed E-state index contributed by atoms with van der Waals surface area (Å²) >= 11 is 0. The van der Waals surface area contributed by atoms with Crippen LogP contribution in [-0.2, 0) is 4.74 Å². The van der Waals surface area contributed by atoms with E-state index in [4.69, 9.17) is 4.74 Å². The van der Waals surface area contributed by atoms with Crippen LogP contribution in [0.2, 0.25) is 0 Å². The first-order valence-corrected chi connectivity index (χ1v) is 3.06. The predicted octanol–water partition coefficient (Wildman–Crippen LogP) is 1.21. The van der Waals surface area contributed by atoms with Crippen molar-refractivity contribution in [1.82, 2.24) is 0 Å². The van der Waals surface area contributed by atoms with Gasteiger partial charge in [-0.3, -0.25) is 4.99 Å². The Labute approximate surface area is 49.6 Å². The summed E-state index contributed by atoms with van der Waals surface area (Å²) in [5, 5.41) is 0. The van der Waals surface area contributed by atoms with Crippen molar-refractivity contribution >= 4 is 6.40 Å². The van der Waals surface area contributed by atoms with Crippen molar-refractivity contribution in [2.45, 2.75) is 25.8 Å². The van der Waals surface area contributed by atoms with Crippen LogP contribution in [0.15, 0.2) is 4.99 Å². The molecule has 2 nitrogen and oxygen atoms in total. The molecule has 1 heterocycles. The highest BCUT2D eigenvalue weighted by atomic mass is 16.5. The van der Waals surface area contributed by atoms with Gasteiger partial charge in [0.1, 0.15) is 6.61 Å². The molecule has 1 aliphatic rings. The average molecular weight is 113 g/mol. The molecular formula is C6H11NO. The zero-order valence-electron chi connectivity index (χ0n) is 5.13. The number of hydrogen-bond donors (Lipinski definition) is 0. The van der Waals surface area contributed by atoms with Gasteiger partial charge in [0.25, 0.3) is 0 Å². The molecule has 0 radical (unpaired) electrons. The molecule has 0 fully saturated rings. The van der Waals surface area contributed by atoms with Crippen molar-refractivity contribution in [3.05, 3.63) is 0 Å². The van der Waals surface area contributed by atoms with Crippen LogP contribution in [0.25, 0.3) is 0 Å². The van der Waals surface area contributed by atoms with Crippen LogP contribution < -0.4 is 0 Å². The maximum absolute atomic E-state index is 4.92. The maximum Gasteiger partial charge on any atom is 0.169 e. The number of rotatable bonds is 2. The molecule has 0 saturated heterocycles. The smallest absolute Gasteiger partial charge is 0.169 e. The van der Waals surface area contributed by atoms with Crippen LogP contribution in [0.5, 0.6) is 0 Å². The second-order valence-electron chi connectivity index (χ2n) is 2.03. The molecule has 1 rings (SSSR count). The van der Waals surface area contributed by atoms with E-state index in [0.29, 0.717) is 6.04 Å². The van der Waals surface area contributed by atoms with E-state index in [1.807, 2.05) is 0 Å². The number of nitrogens with zero attached hydrogens (tertiary/aromatic N) is 1. The maximum atomic E-state index is 4.92. The van der Waals surface area contributed by atoms with Crippen molar-refractivity contribution in [3.8, 4) is 0 Å². The zero-order chi connectivity index (χ0) is 5.82. The number of hydrogen-bond acceptors (Lipinski definition) is 2. The minimum absolute atomic E-state index is 0.458. The molecule has 0 aliphatic carbocycles. The molecule has 0 aromatic rings. The summed E-state index contributed by atoms with van der Waals surface area (Å²) in [5.74, 6) is 0. The Bertz CT molecular complexity index is 90.5. The Kier molecular flexibility index (Phi) is 1.89. The van der Waals surface area contributed by atoms with E-state index in [0.717, 1.165) is 13.0 Å². The van der Waals surface area contributed by atoms with Crippen molar-refractivity contribution < 1.29 is 4.74 Å². The Morgan fingerprint density at radius 3 is 3.25 bits per heavy atom. The molecule has 0 bridgehead atoms. The highest BCUT2D eigenvalue weighted by molar-refractivity contribution is 5.48. The van der Waals surface area contributed by atoms with Crippen LogP contribution in [0.4, 0.5) is 0 Å². The van der Waals surface area contributed by atoms with Crippen LogP contribution >= 0.6 is 0 Å². The Morgan fingerprint density at radius 2 is 2.75 bits per heavy atom. The predicted molar refractivity (Wildman–Crippen MR) is 33.1 cm³/mol. The standard InChI is InChI=1S/C6H11NO/c1-2-3-6-4-8-5-7-6/h5-6H,2-4H2,1H3. The molecule has 0 saturated carbocycles. The summed E-state index contributed by atoms with van der Waals surface area (Å²) < 4.78 is 4.92. The second-order valence-corrected chi connectivity index (χ2v) is 2.03. The van der Waals surface area contributed by atoms with E-state index in [9.17, 15) is 0 Å². The molecule has 1 atom stereocenters. The van der Waals surface area contributed by atoms with Gasteiger partial charge in [-0.05, 0) is 6.42 Å². The highest BCUT2D eigenvalue weighted by Crippen LogP contribution is 2.05. The molecule has 0 spiro atoms. The first-order chi connectivity index (χ1) is 3.93. The molecule has 0 aromatic carbocycles. The summed E-state index contributed by atoms with van der Waals surface area (Å²) in [5.41, 5.74) is 0. The summed E-state index contributed by atoms with van der Waals surface area (Å²) in [7, 11) is 0. The van der Waals surface area contributed by atoms with Crippen LogP contribution in [0.1, 0.15) is 19.8 Å². The molecule has 8 heavy (non-hydrogen) atoms. The zero-order valence-corrected chi connectivity index (χ0v) is 5.13. The van der Waals surface area contributed by atoms with Gasteiger partial charge in [-0.1, -0.05) is 13.3 Å². The van der Waals surface area contributed by atoms with Crippen LogP contribution in [-0.4, -0.2) is 19.0 Å². The Morgan fingerprint density at radius 1 is 1.88 bits per heavy atom. The fourth-order valence-electron chi connectivity index (χ4n) is 0.817. The van der Waals surface area contributed by atoms with Crippen molar-refractivity contribution in [2.75, 3.05) is 6.61 Å². The van der Waals surface area contributed by atoms with E-state index in [1.165, 1.54) is 6.42 Å². The SMILES string of the molecule is CCCC1COC=N1. The molecule has 0 N–H and O–H groups in total. The largest absolute Gasteiger partial charge is 0.481 e. The van der Waals surface area contributed by atoms with E-state index in [2.05, 4.69) is 11.9 Å². The van der Waals surface area contributed by atoms with Crippen molar-refractivity contribution in [3.63, 3.8) is 0 Å². The highest BCUT2D eigenvalue weighted by Gasteiger charge is 2.08. The monoisotopic (exact) mass is 113 g/mol. The van der Waals surface area contributed by atoms with Gasteiger partial charge in [0.15, 0.2) is 6.40 Å². The van der Waals surface area contributed by atoms with Crippen molar-refractivity contribution in [1.29, 1.82) is 0 Å². The molecular weight excluding hydrogens is 102 g/mol. The quantitative estimate of drug-likeness (QED) is 0.527. The summed E-state index contributed by atoms with van der Waals surface area (Å²) in [6.45, 7) is 2.96. The Balaban J connectivity index is 2.16. The first-order valence-electron chi connectivity index (χ1n) is 3.06. The molecule has 1 aliphatic heterocycles. The van der Waals surface area contributed by atoms with E-state index in [-0.39, 0.29) is 0 Å². The van der Waals surface area contributed by atoms with Crippen molar-refractivity contribution in [2.24, 2.45) is 4.99 Å². The molecule has 1 unspecified atom stereocenters. The van der Waals surface area contributed by atoms with Gasteiger partial charge in [0.05, 0.1) is 6.04 Å². The normalized spacial score (nSPS) is 25.9. The minimum Gasteiger partial charge on any atom is -0.481 e. The van der Waals surface area contributed by atoms with Gasteiger partial charge in [-0.2, -0.15) is 0 Å². The van der Waals surface area contributed by atoms with E-state index in [1.54, 1.807) is 6.40 Å². The van der Waals surface area contributed by atoms with Crippen LogP contribution in [0.3, 0.4) is 0 Å². The van der Waals surface area contributed by atoms with Gasteiger partial charge < -0.3 is 4.74 Å². The molecule has 2 heteroatoms. The summed E-state index contributed by atoms with van der Waals surface area (Å²) in [6.07, 6.45) is 3.92. The van der Waals surface area contributed by atoms with Gasteiger partial charge in [0.2, 0.25) is 0 Å². The molecule has 0 aromatic heterocycles. The fraction of sp³-hybridized carbons (Fsp3) is 0.833. The lowest BCUT2D eigenvalue weighted by Crippen LogP contribution is -2.04. The fourth-order valence-corrected chi connectivity index (χ4v) is 0.817. The van der Waals surface area contributed by atoms with E-state index < -0.39 is 0 Å². The summed E-state index contributed by atoms with van der Waals surface area (Å²) in [4.78, 5) is 4.08. The molecule has 0 amide bonds. The lowest BCUT2D eigenvalue weighted by Gasteiger charge is -1.99. The van der Waals surface area contributed by atoms with Gasteiger partial charge >= 0.3 is 0 Å². The average Bonchev–Trinajstić information content (AvgIpc) is 2.19. The van der Waals surface area contributed by atoms with Gasteiger partial charge in [-0.25, -0.2) is 0 Å². The lowest BCUT2D eigenvalue weighted by molar-refractivity contribution is 0.321. The third-order valence-corrected chi connectivity index (χ3v) is 1.26. The number of aliphatic imine (C=N–C) groups is 1. The minimum atomic E-state index is 0.458. The van der Waals surface area contributed by atoms with Gasteiger partial charge in [-0.15, -0.1) is 0 Å².